The molecule has 1 atom stereocenters. The van der Waals surface area contributed by atoms with Gasteiger partial charge in [-0.1, -0.05) is 56.7 Å². The third-order valence-electron chi connectivity index (χ3n) is 3.38. The van der Waals surface area contributed by atoms with Crippen molar-refractivity contribution in [2.75, 3.05) is 21.1 Å². The van der Waals surface area contributed by atoms with Crippen LogP contribution in [-0.4, -0.2) is 25.6 Å². The molecule has 18 heavy (non-hydrogen) atoms. The van der Waals surface area contributed by atoms with Crippen LogP contribution in [0.5, 0.6) is 0 Å². The average Bonchev–Trinajstić information content (AvgIpc) is 2.29. The number of hydrogen-bond acceptors (Lipinski definition) is 0. The Balaban J connectivity index is 2.83. The maximum absolute atomic E-state index is 4.35. The summed E-state index contributed by atoms with van der Waals surface area (Å²) < 4.78 is 0.912. The molecular formula is C17H28N+. The smallest absolute Gasteiger partial charge is 0.135 e. The number of unbranched alkanes of at least 4 members (excludes halogenated alkanes) is 2. The second-order valence-corrected chi connectivity index (χ2v) is 6.04. The van der Waals surface area contributed by atoms with Gasteiger partial charge in [-0.15, -0.1) is 0 Å². The molecular weight excluding hydrogens is 218 g/mol. The third-order valence-corrected chi connectivity index (χ3v) is 3.38. The first-order valence-corrected chi connectivity index (χ1v) is 7.00. The molecule has 0 saturated heterocycles. The summed E-state index contributed by atoms with van der Waals surface area (Å²) in [5.41, 5.74) is 2.74. The maximum Gasteiger partial charge on any atom is 0.135 e. The summed E-state index contributed by atoms with van der Waals surface area (Å²) in [6, 6.07) is 11.2. The van der Waals surface area contributed by atoms with Crippen molar-refractivity contribution in [1.82, 2.24) is 0 Å². The standard InChI is InChI=1S/C17H28N/c1-6-7-9-12-15(2)17(18(3,4)5)16-13-10-8-11-14-16/h8,10-11,13-14,17H,2,6-7,9,12H2,1,3-5H3/q+1. The van der Waals surface area contributed by atoms with Crippen LogP contribution in [0, 0.1) is 0 Å². The van der Waals surface area contributed by atoms with Crippen LogP contribution in [0.25, 0.3) is 0 Å². The van der Waals surface area contributed by atoms with Gasteiger partial charge < -0.3 is 4.48 Å². The fraction of sp³-hybridized carbons (Fsp3) is 0.529. The summed E-state index contributed by atoms with van der Waals surface area (Å²) in [6.45, 7) is 6.60. The number of benzene rings is 1. The van der Waals surface area contributed by atoms with Gasteiger partial charge >= 0.3 is 0 Å². The van der Waals surface area contributed by atoms with Gasteiger partial charge in [0.15, 0.2) is 0 Å². The van der Waals surface area contributed by atoms with Crippen LogP contribution in [0.4, 0.5) is 0 Å². The van der Waals surface area contributed by atoms with E-state index in [2.05, 4.69) is 65.0 Å². The van der Waals surface area contributed by atoms with Crippen LogP contribution in [0.2, 0.25) is 0 Å². The second kappa shape index (κ2) is 6.75. The van der Waals surface area contributed by atoms with E-state index in [0.29, 0.717) is 6.04 Å². The second-order valence-electron chi connectivity index (χ2n) is 6.04. The van der Waals surface area contributed by atoms with E-state index in [-0.39, 0.29) is 0 Å². The quantitative estimate of drug-likeness (QED) is 0.375. The van der Waals surface area contributed by atoms with E-state index in [0.717, 1.165) is 10.9 Å². The molecule has 1 aromatic rings. The predicted octanol–water partition coefficient (Wildman–Crippen LogP) is 4.57. The lowest BCUT2D eigenvalue weighted by Gasteiger charge is -2.36. The van der Waals surface area contributed by atoms with Gasteiger partial charge in [-0.25, -0.2) is 0 Å². The number of likely N-dealkylation sites (N-methyl/N-ethyl adjacent to an activating group) is 1. The van der Waals surface area contributed by atoms with Gasteiger partial charge in [0, 0.05) is 5.56 Å². The molecule has 0 aliphatic rings. The highest BCUT2D eigenvalue weighted by Crippen LogP contribution is 2.32. The summed E-state index contributed by atoms with van der Waals surface area (Å²) in [4.78, 5) is 0. The SMILES string of the molecule is C=C(CCCCC)C(c1ccccc1)[N+](C)(C)C. The number of quaternary nitrogens is 1. The average molecular weight is 246 g/mol. The molecule has 1 unspecified atom stereocenters. The normalized spacial score (nSPS) is 13.3. The Morgan fingerprint density at radius 3 is 2.22 bits per heavy atom. The molecule has 0 bridgehead atoms. The van der Waals surface area contributed by atoms with Gasteiger partial charge in [0.05, 0.1) is 21.1 Å². The Morgan fingerprint density at radius 2 is 1.72 bits per heavy atom. The van der Waals surface area contributed by atoms with Crippen molar-refractivity contribution in [3.8, 4) is 0 Å². The monoisotopic (exact) mass is 246 g/mol. The lowest BCUT2D eigenvalue weighted by molar-refractivity contribution is -0.896. The Kier molecular flexibility index (Phi) is 5.61. The minimum absolute atomic E-state index is 0.406. The third kappa shape index (κ3) is 4.30. The lowest BCUT2D eigenvalue weighted by Crippen LogP contribution is -2.39. The van der Waals surface area contributed by atoms with Crippen molar-refractivity contribution < 1.29 is 4.48 Å². The molecule has 100 valence electrons. The summed E-state index contributed by atoms with van der Waals surface area (Å²) in [6.07, 6.45) is 4.98. The van der Waals surface area contributed by atoms with Gasteiger partial charge in [0.2, 0.25) is 0 Å². The van der Waals surface area contributed by atoms with E-state index in [4.69, 9.17) is 0 Å². The summed E-state index contributed by atoms with van der Waals surface area (Å²) in [7, 11) is 6.76. The Labute approximate surface area is 113 Å². The van der Waals surface area contributed by atoms with Crippen LogP contribution in [0.15, 0.2) is 42.5 Å². The highest BCUT2D eigenvalue weighted by molar-refractivity contribution is 5.24. The molecule has 0 N–H and O–H groups in total. The van der Waals surface area contributed by atoms with Gasteiger partial charge in [0.1, 0.15) is 6.04 Å². The maximum atomic E-state index is 4.35. The molecule has 0 heterocycles. The number of rotatable bonds is 7. The molecule has 0 aliphatic heterocycles. The Bertz CT molecular complexity index is 359. The van der Waals surface area contributed by atoms with E-state index in [1.54, 1.807) is 0 Å². The molecule has 0 amide bonds. The highest BCUT2D eigenvalue weighted by atomic mass is 15.3. The van der Waals surface area contributed by atoms with Crippen molar-refractivity contribution in [2.45, 2.75) is 38.6 Å². The van der Waals surface area contributed by atoms with Crippen LogP contribution in [-0.2, 0) is 0 Å². The van der Waals surface area contributed by atoms with E-state index in [9.17, 15) is 0 Å². The minimum atomic E-state index is 0.406. The summed E-state index contributed by atoms with van der Waals surface area (Å²) in [5, 5.41) is 0. The molecule has 0 saturated carbocycles. The molecule has 0 aliphatic carbocycles. The molecule has 0 fully saturated rings. The van der Waals surface area contributed by atoms with E-state index >= 15 is 0 Å². The van der Waals surface area contributed by atoms with E-state index in [1.165, 1.54) is 30.4 Å². The van der Waals surface area contributed by atoms with Crippen molar-refractivity contribution in [2.24, 2.45) is 0 Å². The first kappa shape index (κ1) is 15.0. The lowest BCUT2D eigenvalue weighted by atomic mass is 9.93. The first-order chi connectivity index (χ1) is 8.46. The van der Waals surface area contributed by atoms with Crippen molar-refractivity contribution in [3.63, 3.8) is 0 Å². The fourth-order valence-electron chi connectivity index (χ4n) is 2.60. The van der Waals surface area contributed by atoms with Crippen molar-refractivity contribution in [3.05, 3.63) is 48.0 Å². The van der Waals surface area contributed by atoms with Crippen LogP contribution in [0.1, 0.15) is 44.2 Å². The zero-order valence-electron chi connectivity index (χ0n) is 12.4. The molecule has 1 aromatic carbocycles. The molecule has 1 heteroatoms. The van der Waals surface area contributed by atoms with Crippen molar-refractivity contribution in [1.29, 1.82) is 0 Å². The van der Waals surface area contributed by atoms with Crippen LogP contribution in [0.3, 0.4) is 0 Å². The first-order valence-electron chi connectivity index (χ1n) is 7.00. The number of hydrogen-bond donors (Lipinski definition) is 0. The Hall–Kier alpha value is -1.08. The molecule has 1 nitrogen and oxygen atoms in total. The topological polar surface area (TPSA) is 0 Å². The largest absolute Gasteiger partial charge is 0.321 e. The molecule has 0 spiro atoms. The van der Waals surface area contributed by atoms with Gasteiger partial charge in [0.25, 0.3) is 0 Å². The summed E-state index contributed by atoms with van der Waals surface area (Å²) >= 11 is 0. The minimum Gasteiger partial charge on any atom is -0.321 e. The molecule has 1 rings (SSSR count). The molecule has 0 aromatic heterocycles. The van der Waals surface area contributed by atoms with Gasteiger partial charge in [-0.05, 0) is 18.4 Å². The van der Waals surface area contributed by atoms with Gasteiger partial charge in [-0.2, -0.15) is 0 Å². The van der Waals surface area contributed by atoms with Crippen molar-refractivity contribution >= 4 is 0 Å². The van der Waals surface area contributed by atoms with E-state index < -0.39 is 0 Å². The zero-order chi connectivity index (χ0) is 13.6. The fourth-order valence-corrected chi connectivity index (χ4v) is 2.60. The Morgan fingerprint density at radius 1 is 1.11 bits per heavy atom. The highest BCUT2D eigenvalue weighted by Gasteiger charge is 2.27. The van der Waals surface area contributed by atoms with E-state index in [1.807, 2.05) is 0 Å². The predicted molar refractivity (Wildman–Crippen MR) is 80.5 cm³/mol. The van der Waals surface area contributed by atoms with Gasteiger partial charge in [-0.3, -0.25) is 0 Å². The number of nitrogens with zero attached hydrogens (tertiary/aromatic N) is 1. The van der Waals surface area contributed by atoms with Crippen LogP contribution < -0.4 is 0 Å². The summed E-state index contributed by atoms with van der Waals surface area (Å²) in [5.74, 6) is 0. The zero-order valence-corrected chi connectivity index (χ0v) is 12.4. The van der Waals surface area contributed by atoms with Crippen LogP contribution >= 0.6 is 0 Å². The molecule has 0 radical (unpaired) electrons.